The largest absolute Gasteiger partial charge is 0.202 e. The Labute approximate surface area is 87.4 Å². The van der Waals surface area contributed by atoms with Crippen molar-refractivity contribution in [3.8, 4) is 0 Å². The Bertz CT molecular complexity index is 272. The van der Waals surface area contributed by atoms with Gasteiger partial charge in [0.1, 0.15) is 0 Å². The number of hydrogen-bond acceptors (Lipinski definition) is 0. The maximum Gasteiger partial charge on any atom is 0.175 e. The van der Waals surface area contributed by atoms with E-state index in [0.717, 1.165) is 0 Å². The average molecular weight is 351 g/mol. The molecule has 1 aromatic rings. The van der Waals surface area contributed by atoms with Crippen molar-refractivity contribution in [3.05, 3.63) is 31.1 Å². The summed E-state index contributed by atoms with van der Waals surface area (Å²) in [6.45, 7) is 0. The summed E-state index contributed by atoms with van der Waals surface area (Å²) < 4.78 is 26.1. The van der Waals surface area contributed by atoms with Crippen molar-refractivity contribution in [1.82, 2.24) is 0 Å². The van der Waals surface area contributed by atoms with Crippen molar-refractivity contribution < 1.29 is 8.78 Å². The van der Waals surface area contributed by atoms with Crippen LogP contribution in [-0.2, 0) is 0 Å². The van der Waals surface area contributed by atoms with Crippen LogP contribution in [0.2, 0.25) is 0 Å². The van der Waals surface area contributed by atoms with Crippen molar-refractivity contribution in [2.45, 2.75) is 0 Å². The van der Waals surface area contributed by atoms with Gasteiger partial charge >= 0.3 is 0 Å². The Morgan fingerprint density at radius 3 is 2.00 bits per heavy atom. The van der Waals surface area contributed by atoms with Crippen LogP contribution in [0.1, 0.15) is 0 Å². The van der Waals surface area contributed by atoms with E-state index in [1.165, 1.54) is 6.07 Å². The fourth-order valence-corrected chi connectivity index (χ4v) is 1.95. The van der Waals surface area contributed by atoms with Gasteiger partial charge in [0, 0.05) is 4.47 Å². The number of halogens is 5. The molecule has 60 valence electrons. The molecule has 5 heteroatoms. The van der Waals surface area contributed by atoms with E-state index in [9.17, 15) is 8.78 Å². The molecule has 11 heavy (non-hydrogen) atoms. The summed E-state index contributed by atoms with van der Waals surface area (Å²) in [5.41, 5.74) is 0. The van der Waals surface area contributed by atoms with Gasteiger partial charge in [0.25, 0.3) is 0 Å². The third-order valence-electron chi connectivity index (χ3n) is 1.06. The molecule has 0 bridgehead atoms. The lowest BCUT2D eigenvalue weighted by Crippen LogP contribution is -1.88. The van der Waals surface area contributed by atoms with Gasteiger partial charge < -0.3 is 0 Å². The van der Waals surface area contributed by atoms with Crippen LogP contribution in [-0.4, -0.2) is 0 Å². The molecule has 0 saturated carbocycles. The SMILES string of the molecule is Fc1c(Br)cc(Br)c(Br)c1F. The predicted molar refractivity (Wildman–Crippen MR) is 49.5 cm³/mol. The fourth-order valence-electron chi connectivity index (χ4n) is 0.544. The molecule has 0 spiro atoms. The highest BCUT2D eigenvalue weighted by atomic mass is 79.9. The maximum atomic E-state index is 12.8. The van der Waals surface area contributed by atoms with E-state index in [-0.39, 0.29) is 8.95 Å². The third kappa shape index (κ3) is 1.81. The van der Waals surface area contributed by atoms with Gasteiger partial charge in [0.15, 0.2) is 11.6 Å². The molecule has 1 aromatic carbocycles. The minimum Gasteiger partial charge on any atom is -0.202 e. The van der Waals surface area contributed by atoms with Gasteiger partial charge in [0.2, 0.25) is 0 Å². The molecule has 0 heterocycles. The third-order valence-corrected chi connectivity index (χ3v) is 3.57. The Hall–Kier alpha value is 0.520. The molecule has 0 amide bonds. The summed E-state index contributed by atoms with van der Waals surface area (Å²) in [6.07, 6.45) is 0. The van der Waals surface area contributed by atoms with Gasteiger partial charge in [-0.15, -0.1) is 0 Å². The van der Waals surface area contributed by atoms with Crippen molar-refractivity contribution >= 4 is 47.8 Å². The minimum atomic E-state index is -0.897. The summed E-state index contributed by atoms with van der Waals surface area (Å²) in [6, 6.07) is 1.43. The van der Waals surface area contributed by atoms with Crippen molar-refractivity contribution in [2.24, 2.45) is 0 Å². The first-order valence-corrected chi connectivity index (χ1v) is 4.90. The zero-order valence-electron chi connectivity index (χ0n) is 4.97. The molecule has 1 rings (SSSR count). The van der Waals surface area contributed by atoms with E-state index in [0.29, 0.717) is 4.47 Å². The summed E-state index contributed by atoms with van der Waals surface area (Å²) in [5, 5.41) is 0. The minimum absolute atomic E-state index is 0.0956. The monoisotopic (exact) mass is 348 g/mol. The van der Waals surface area contributed by atoms with Gasteiger partial charge in [-0.3, -0.25) is 0 Å². The first kappa shape index (κ1) is 9.61. The molecule has 0 saturated heterocycles. The van der Waals surface area contributed by atoms with Crippen LogP contribution in [0.4, 0.5) is 8.78 Å². The van der Waals surface area contributed by atoms with Crippen molar-refractivity contribution in [3.63, 3.8) is 0 Å². The number of benzene rings is 1. The van der Waals surface area contributed by atoms with Gasteiger partial charge in [-0.25, -0.2) is 8.78 Å². The summed E-state index contributed by atoms with van der Waals surface area (Å²) >= 11 is 8.79. The summed E-state index contributed by atoms with van der Waals surface area (Å²) in [7, 11) is 0. The van der Waals surface area contributed by atoms with Crippen LogP contribution in [0.25, 0.3) is 0 Å². The first-order chi connectivity index (χ1) is 5.04. The summed E-state index contributed by atoms with van der Waals surface area (Å²) in [5.74, 6) is -1.79. The van der Waals surface area contributed by atoms with E-state index < -0.39 is 11.6 Å². The number of hydrogen-bond donors (Lipinski definition) is 0. The van der Waals surface area contributed by atoms with E-state index in [1.807, 2.05) is 0 Å². The van der Waals surface area contributed by atoms with Crippen LogP contribution in [0.15, 0.2) is 19.5 Å². The van der Waals surface area contributed by atoms with E-state index in [1.54, 1.807) is 0 Å². The molecule has 0 aliphatic rings. The molecule has 0 nitrogen and oxygen atoms in total. The molecule has 0 aliphatic carbocycles. The molecule has 0 fully saturated rings. The molecule has 0 aliphatic heterocycles. The lowest BCUT2D eigenvalue weighted by Gasteiger charge is -2.00. The Balaban J connectivity index is 3.46. The summed E-state index contributed by atoms with van der Waals surface area (Å²) in [4.78, 5) is 0. The van der Waals surface area contributed by atoms with E-state index in [4.69, 9.17) is 0 Å². The van der Waals surface area contributed by atoms with Crippen LogP contribution >= 0.6 is 47.8 Å². The highest BCUT2D eigenvalue weighted by Gasteiger charge is 2.13. The quantitative estimate of drug-likeness (QED) is 0.484. The molecule has 0 atom stereocenters. The average Bonchev–Trinajstić information content (AvgIpc) is 1.97. The molecular formula is C6HBr3F2. The topological polar surface area (TPSA) is 0 Å². The van der Waals surface area contributed by atoms with E-state index in [2.05, 4.69) is 47.8 Å². The normalized spacial score (nSPS) is 10.3. The second-order valence-electron chi connectivity index (χ2n) is 1.78. The lowest BCUT2D eigenvalue weighted by atomic mass is 10.3. The van der Waals surface area contributed by atoms with Crippen molar-refractivity contribution in [1.29, 1.82) is 0 Å². The lowest BCUT2D eigenvalue weighted by molar-refractivity contribution is 0.499. The maximum absolute atomic E-state index is 12.8. The Morgan fingerprint density at radius 1 is 0.909 bits per heavy atom. The Kier molecular flexibility index (Phi) is 3.05. The first-order valence-electron chi connectivity index (χ1n) is 2.52. The molecule has 0 unspecified atom stereocenters. The number of rotatable bonds is 0. The van der Waals surface area contributed by atoms with Gasteiger partial charge in [-0.05, 0) is 53.9 Å². The van der Waals surface area contributed by atoms with Gasteiger partial charge in [0.05, 0.1) is 8.95 Å². The highest BCUT2D eigenvalue weighted by Crippen LogP contribution is 2.32. The van der Waals surface area contributed by atoms with Gasteiger partial charge in [-0.1, -0.05) is 0 Å². The highest BCUT2D eigenvalue weighted by molar-refractivity contribution is 9.13. The van der Waals surface area contributed by atoms with Crippen LogP contribution in [0.3, 0.4) is 0 Å². The second-order valence-corrected chi connectivity index (χ2v) is 4.28. The zero-order valence-corrected chi connectivity index (χ0v) is 9.73. The molecule has 0 aromatic heterocycles. The van der Waals surface area contributed by atoms with Gasteiger partial charge in [-0.2, -0.15) is 0 Å². The fraction of sp³-hybridized carbons (Fsp3) is 0. The van der Waals surface area contributed by atoms with Crippen LogP contribution < -0.4 is 0 Å². The van der Waals surface area contributed by atoms with Crippen LogP contribution in [0, 0.1) is 11.6 Å². The van der Waals surface area contributed by atoms with Crippen LogP contribution in [0.5, 0.6) is 0 Å². The van der Waals surface area contributed by atoms with E-state index >= 15 is 0 Å². The zero-order chi connectivity index (χ0) is 8.59. The second kappa shape index (κ2) is 3.49. The standard InChI is InChI=1S/C6HBr3F2/c7-2-1-3(8)5(10)6(11)4(2)9/h1H. The predicted octanol–water partition coefficient (Wildman–Crippen LogP) is 4.25. The molecule has 0 radical (unpaired) electrons. The van der Waals surface area contributed by atoms with Crippen molar-refractivity contribution in [2.75, 3.05) is 0 Å². The molecule has 0 N–H and O–H groups in total. The smallest absolute Gasteiger partial charge is 0.175 e. The Morgan fingerprint density at radius 2 is 1.45 bits per heavy atom. The molecular weight excluding hydrogens is 350 g/mol.